The minimum atomic E-state index is 0.587. The van der Waals surface area contributed by atoms with E-state index < -0.39 is 0 Å². The Morgan fingerprint density at radius 2 is 2.00 bits per heavy atom. The molecule has 0 saturated heterocycles. The molecule has 84 valence electrons. The molecular weight excluding hydrogens is 230 g/mol. The van der Waals surface area contributed by atoms with Gasteiger partial charge in [-0.15, -0.1) is 11.8 Å². The molecule has 1 heterocycles. The number of nitriles is 1. The van der Waals surface area contributed by atoms with Gasteiger partial charge in [-0.1, -0.05) is 18.2 Å². The van der Waals surface area contributed by atoms with Gasteiger partial charge in [0.15, 0.2) is 0 Å². The van der Waals surface area contributed by atoms with Gasteiger partial charge in [-0.2, -0.15) is 5.26 Å². The molecule has 0 atom stereocenters. The predicted octanol–water partition coefficient (Wildman–Crippen LogP) is 3.42. The van der Waals surface area contributed by atoms with Crippen molar-refractivity contribution in [3.8, 4) is 6.07 Å². The van der Waals surface area contributed by atoms with Crippen LogP contribution in [0.5, 0.6) is 0 Å². The van der Waals surface area contributed by atoms with Crippen LogP contribution < -0.4 is 5.32 Å². The summed E-state index contributed by atoms with van der Waals surface area (Å²) in [5.74, 6) is 0. The summed E-state index contributed by atoms with van der Waals surface area (Å²) in [6.07, 6.45) is 3.62. The summed E-state index contributed by atoms with van der Waals surface area (Å²) >= 11 is 1.47. The summed E-state index contributed by atoms with van der Waals surface area (Å²) in [5, 5.41) is 13.1. The lowest BCUT2D eigenvalue weighted by atomic mass is 10.2. The minimum Gasteiger partial charge on any atom is -0.354 e. The third-order valence-corrected chi connectivity index (χ3v) is 2.97. The van der Waals surface area contributed by atoms with E-state index in [4.69, 9.17) is 5.26 Å². The van der Waals surface area contributed by atoms with E-state index >= 15 is 0 Å². The molecule has 2 rings (SSSR count). The van der Waals surface area contributed by atoms with Gasteiger partial charge < -0.3 is 5.32 Å². The fourth-order valence-corrected chi connectivity index (χ4v) is 2.01. The van der Waals surface area contributed by atoms with Gasteiger partial charge >= 0.3 is 0 Å². The number of anilines is 2. The molecule has 1 aromatic carbocycles. The number of nitrogens with one attached hydrogen (secondary N) is 1. The largest absolute Gasteiger partial charge is 0.354 e. The van der Waals surface area contributed by atoms with Gasteiger partial charge in [0.2, 0.25) is 0 Å². The molecule has 2 aromatic rings. The molecule has 3 nitrogen and oxygen atoms in total. The van der Waals surface area contributed by atoms with Crippen LogP contribution in [0, 0.1) is 11.3 Å². The first-order valence-corrected chi connectivity index (χ1v) is 6.33. The fourth-order valence-electron chi connectivity index (χ4n) is 1.49. The zero-order chi connectivity index (χ0) is 12.1. The van der Waals surface area contributed by atoms with Crippen LogP contribution in [0.3, 0.4) is 0 Å². The van der Waals surface area contributed by atoms with Crippen molar-refractivity contribution in [1.82, 2.24) is 4.98 Å². The Morgan fingerprint density at radius 1 is 1.24 bits per heavy atom. The monoisotopic (exact) mass is 241 g/mol. The Balaban J connectivity index is 2.37. The van der Waals surface area contributed by atoms with Crippen LogP contribution in [0.2, 0.25) is 0 Å². The van der Waals surface area contributed by atoms with Crippen molar-refractivity contribution in [2.24, 2.45) is 0 Å². The summed E-state index contributed by atoms with van der Waals surface area (Å²) in [6.45, 7) is 0. The fraction of sp³-hybridized carbons (Fsp3) is 0.0769. The number of hydrogen-bond acceptors (Lipinski definition) is 4. The molecule has 1 N–H and O–H groups in total. The highest BCUT2D eigenvalue weighted by Crippen LogP contribution is 2.26. The van der Waals surface area contributed by atoms with Crippen LogP contribution in [-0.4, -0.2) is 11.2 Å². The normalized spacial score (nSPS) is 9.65. The number of benzene rings is 1. The van der Waals surface area contributed by atoms with Gasteiger partial charge in [-0.05, 0) is 24.5 Å². The third kappa shape index (κ3) is 2.58. The van der Waals surface area contributed by atoms with Crippen molar-refractivity contribution < 1.29 is 0 Å². The lowest BCUT2D eigenvalue weighted by Gasteiger charge is -2.09. The van der Waals surface area contributed by atoms with Crippen LogP contribution in [0.1, 0.15) is 5.56 Å². The standard InChI is InChI=1S/C13H11N3S/c1-17-13-11(9-14)12(7-8-15-13)16-10-5-3-2-4-6-10/h2-8H,1H3,(H,15,16). The summed E-state index contributed by atoms with van der Waals surface area (Å²) < 4.78 is 0. The zero-order valence-corrected chi connectivity index (χ0v) is 10.2. The second kappa shape index (κ2) is 5.37. The number of rotatable bonds is 3. The lowest BCUT2D eigenvalue weighted by Crippen LogP contribution is -1.96. The van der Waals surface area contributed by atoms with Gasteiger partial charge in [0.1, 0.15) is 16.7 Å². The molecule has 0 unspecified atom stereocenters. The Hall–Kier alpha value is -1.99. The van der Waals surface area contributed by atoms with E-state index in [1.165, 1.54) is 11.8 Å². The molecule has 1 aromatic heterocycles. The Morgan fingerprint density at radius 3 is 2.65 bits per heavy atom. The molecular formula is C13H11N3S. The van der Waals surface area contributed by atoms with Crippen molar-refractivity contribution in [2.75, 3.05) is 11.6 Å². The van der Waals surface area contributed by atoms with Gasteiger partial charge in [-0.25, -0.2) is 4.98 Å². The van der Waals surface area contributed by atoms with E-state index in [0.717, 1.165) is 16.4 Å². The molecule has 0 spiro atoms. The summed E-state index contributed by atoms with van der Waals surface area (Å²) in [7, 11) is 0. The summed E-state index contributed by atoms with van der Waals surface area (Å²) in [5.41, 5.74) is 2.34. The average Bonchev–Trinajstić information content (AvgIpc) is 2.39. The number of aromatic nitrogens is 1. The highest BCUT2D eigenvalue weighted by Gasteiger charge is 2.08. The van der Waals surface area contributed by atoms with E-state index in [1.54, 1.807) is 6.20 Å². The quantitative estimate of drug-likeness (QED) is 0.836. The zero-order valence-electron chi connectivity index (χ0n) is 9.34. The van der Waals surface area contributed by atoms with Gasteiger partial charge in [0.25, 0.3) is 0 Å². The van der Waals surface area contributed by atoms with Gasteiger partial charge in [-0.3, -0.25) is 0 Å². The van der Waals surface area contributed by atoms with Crippen molar-refractivity contribution >= 4 is 23.1 Å². The van der Waals surface area contributed by atoms with E-state index in [2.05, 4.69) is 16.4 Å². The van der Waals surface area contributed by atoms with E-state index in [1.807, 2.05) is 42.7 Å². The summed E-state index contributed by atoms with van der Waals surface area (Å²) in [4.78, 5) is 4.17. The van der Waals surface area contributed by atoms with Crippen LogP contribution in [-0.2, 0) is 0 Å². The number of nitrogens with zero attached hydrogens (tertiary/aromatic N) is 2. The first kappa shape index (κ1) is 11.5. The van der Waals surface area contributed by atoms with E-state index in [0.29, 0.717) is 5.56 Å². The van der Waals surface area contributed by atoms with Crippen LogP contribution >= 0.6 is 11.8 Å². The molecule has 0 amide bonds. The number of para-hydroxylation sites is 1. The average molecular weight is 241 g/mol. The lowest BCUT2D eigenvalue weighted by molar-refractivity contribution is 1.12. The second-order valence-corrected chi connectivity index (χ2v) is 4.14. The second-order valence-electron chi connectivity index (χ2n) is 3.35. The minimum absolute atomic E-state index is 0.587. The number of thioether (sulfide) groups is 1. The molecule has 0 aliphatic heterocycles. The highest BCUT2D eigenvalue weighted by molar-refractivity contribution is 7.98. The SMILES string of the molecule is CSc1nccc(Nc2ccccc2)c1C#N. The van der Waals surface area contributed by atoms with Crippen LogP contribution in [0.15, 0.2) is 47.6 Å². The van der Waals surface area contributed by atoms with Crippen molar-refractivity contribution in [3.63, 3.8) is 0 Å². The molecule has 4 heteroatoms. The number of hydrogen-bond donors (Lipinski definition) is 1. The van der Waals surface area contributed by atoms with Gasteiger partial charge in [0.05, 0.1) is 5.69 Å². The maximum Gasteiger partial charge on any atom is 0.116 e. The van der Waals surface area contributed by atoms with Crippen molar-refractivity contribution in [1.29, 1.82) is 5.26 Å². The van der Waals surface area contributed by atoms with Crippen molar-refractivity contribution in [3.05, 3.63) is 48.2 Å². The van der Waals surface area contributed by atoms with E-state index in [-0.39, 0.29) is 0 Å². The molecule has 0 saturated carbocycles. The summed E-state index contributed by atoms with van der Waals surface area (Å²) in [6, 6.07) is 13.8. The van der Waals surface area contributed by atoms with E-state index in [9.17, 15) is 0 Å². The molecule has 0 bridgehead atoms. The third-order valence-electron chi connectivity index (χ3n) is 2.27. The van der Waals surface area contributed by atoms with Crippen molar-refractivity contribution in [2.45, 2.75) is 5.03 Å². The highest BCUT2D eigenvalue weighted by atomic mass is 32.2. The number of pyridine rings is 1. The Kier molecular flexibility index (Phi) is 3.63. The Bertz CT molecular complexity index is 546. The first-order chi connectivity index (χ1) is 8.35. The smallest absolute Gasteiger partial charge is 0.116 e. The Labute approximate surface area is 105 Å². The molecule has 17 heavy (non-hydrogen) atoms. The molecule has 0 radical (unpaired) electrons. The maximum atomic E-state index is 9.17. The maximum absolute atomic E-state index is 9.17. The van der Waals surface area contributed by atoms with Crippen LogP contribution in [0.25, 0.3) is 0 Å². The van der Waals surface area contributed by atoms with Gasteiger partial charge in [0, 0.05) is 11.9 Å². The molecule has 0 aliphatic rings. The predicted molar refractivity (Wildman–Crippen MR) is 70.5 cm³/mol. The molecule has 0 aliphatic carbocycles. The van der Waals surface area contributed by atoms with Crippen LogP contribution in [0.4, 0.5) is 11.4 Å². The topological polar surface area (TPSA) is 48.7 Å². The molecule has 0 fully saturated rings. The first-order valence-electron chi connectivity index (χ1n) is 5.10.